The topological polar surface area (TPSA) is 58.2 Å². The molecule has 0 spiro atoms. The fraction of sp³-hybridized carbons (Fsp3) is 0.300. The molecule has 0 radical (unpaired) electrons. The van der Waals surface area contributed by atoms with E-state index in [-0.39, 0.29) is 36.0 Å². The van der Waals surface area contributed by atoms with Crippen LogP contribution in [0.25, 0.3) is 0 Å². The van der Waals surface area contributed by atoms with Gasteiger partial charge in [-0.25, -0.2) is 4.39 Å². The first-order valence-corrected chi connectivity index (χ1v) is 8.46. The van der Waals surface area contributed by atoms with Gasteiger partial charge < -0.3 is 10.6 Å². The molecule has 0 aromatic heterocycles. The highest BCUT2D eigenvalue weighted by Crippen LogP contribution is 2.30. The summed E-state index contributed by atoms with van der Waals surface area (Å²) in [4.78, 5) is 23.9. The number of rotatable bonds is 6. The van der Waals surface area contributed by atoms with Crippen molar-refractivity contribution in [2.75, 3.05) is 5.32 Å². The minimum Gasteiger partial charge on any atom is -0.349 e. The van der Waals surface area contributed by atoms with Gasteiger partial charge in [0.15, 0.2) is 0 Å². The van der Waals surface area contributed by atoms with Gasteiger partial charge in [0.05, 0.1) is 12.5 Å². The molecular weight excluding hydrogens is 319 g/mol. The molecule has 1 atom stereocenters. The van der Waals surface area contributed by atoms with E-state index in [0.29, 0.717) is 5.56 Å². The number of amides is 2. The van der Waals surface area contributed by atoms with Gasteiger partial charge in [0, 0.05) is 11.6 Å². The Hall–Kier alpha value is -2.69. The Bertz CT molecular complexity index is 770. The van der Waals surface area contributed by atoms with Crippen LogP contribution in [0.5, 0.6) is 0 Å². The zero-order chi connectivity index (χ0) is 17.8. The number of benzene rings is 2. The Morgan fingerprint density at radius 2 is 1.88 bits per heavy atom. The molecule has 0 aliphatic heterocycles. The molecule has 1 unspecified atom stereocenters. The highest BCUT2D eigenvalue weighted by Gasteiger charge is 2.29. The third-order valence-electron chi connectivity index (χ3n) is 4.26. The number of hydrogen-bond acceptors (Lipinski definition) is 2. The molecule has 4 nitrogen and oxygen atoms in total. The molecule has 0 bridgehead atoms. The second-order valence-electron chi connectivity index (χ2n) is 6.48. The molecular formula is C20H21FN2O2. The minimum atomic E-state index is -0.345. The van der Waals surface area contributed by atoms with Crippen molar-refractivity contribution in [1.29, 1.82) is 0 Å². The van der Waals surface area contributed by atoms with Gasteiger partial charge >= 0.3 is 0 Å². The van der Waals surface area contributed by atoms with Crippen LogP contribution in [-0.2, 0) is 16.0 Å². The van der Waals surface area contributed by atoms with Crippen LogP contribution < -0.4 is 10.6 Å². The van der Waals surface area contributed by atoms with Gasteiger partial charge in [0.25, 0.3) is 0 Å². The number of hydrogen-bond donors (Lipinski definition) is 2. The maximum atomic E-state index is 13.2. The molecule has 2 amide bonds. The SMILES string of the molecule is CC(NC(=O)Cc1cccc(F)c1)c1ccc(NC(=O)C2CC2)cc1. The Morgan fingerprint density at radius 1 is 1.16 bits per heavy atom. The zero-order valence-corrected chi connectivity index (χ0v) is 14.1. The summed E-state index contributed by atoms with van der Waals surface area (Å²) in [5, 5.41) is 5.79. The van der Waals surface area contributed by atoms with Crippen LogP contribution >= 0.6 is 0 Å². The Balaban J connectivity index is 1.54. The van der Waals surface area contributed by atoms with E-state index in [9.17, 15) is 14.0 Å². The van der Waals surface area contributed by atoms with Crippen LogP contribution in [0, 0.1) is 11.7 Å². The monoisotopic (exact) mass is 340 g/mol. The van der Waals surface area contributed by atoms with Crippen LogP contribution in [-0.4, -0.2) is 11.8 Å². The fourth-order valence-electron chi connectivity index (χ4n) is 2.65. The number of halogens is 1. The van der Waals surface area contributed by atoms with Gasteiger partial charge in [-0.3, -0.25) is 9.59 Å². The van der Waals surface area contributed by atoms with E-state index in [1.54, 1.807) is 12.1 Å². The Kier molecular flexibility index (Phi) is 5.12. The summed E-state index contributed by atoms with van der Waals surface area (Å²) in [7, 11) is 0. The maximum absolute atomic E-state index is 13.2. The summed E-state index contributed by atoms with van der Waals surface area (Å²) < 4.78 is 13.2. The predicted molar refractivity (Wildman–Crippen MR) is 94.5 cm³/mol. The van der Waals surface area contributed by atoms with Crippen LogP contribution in [0.4, 0.5) is 10.1 Å². The smallest absolute Gasteiger partial charge is 0.227 e. The van der Waals surface area contributed by atoms with Gasteiger partial charge in [-0.05, 0) is 55.2 Å². The van der Waals surface area contributed by atoms with E-state index < -0.39 is 0 Å². The molecule has 0 saturated heterocycles. The quantitative estimate of drug-likeness (QED) is 0.844. The molecule has 1 saturated carbocycles. The number of carbonyl (C=O) groups is 2. The first-order valence-electron chi connectivity index (χ1n) is 8.46. The van der Waals surface area contributed by atoms with E-state index in [1.807, 2.05) is 31.2 Å². The number of anilines is 1. The predicted octanol–water partition coefficient (Wildman–Crippen LogP) is 3.59. The third kappa shape index (κ3) is 4.89. The lowest BCUT2D eigenvalue weighted by Crippen LogP contribution is -2.28. The van der Waals surface area contributed by atoms with Gasteiger partial charge in [0.2, 0.25) is 11.8 Å². The van der Waals surface area contributed by atoms with E-state index >= 15 is 0 Å². The number of nitrogens with one attached hydrogen (secondary N) is 2. The lowest BCUT2D eigenvalue weighted by Gasteiger charge is -2.15. The van der Waals surface area contributed by atoms with Crippen LogP contribution in [0.2, 0.25) is 0 Å². The van der Waals surface area contributed by atoms with Crippen LogP contribution in [0.15, 0.2) is 48.5 Å². The molecule has 130 valence electrons. The Morgan fingerprint density at radius 3 is 2.52 bits per heavy atom. The molecule has 1 aliphatic carbocycles. The second kappa shape index (κ2) is 7.47. The average molecular weight is 340 g/mol. The van der Waals surface area contributed by atoms with Crippen molar-refractivity contribution in [2.24, 2.45) is 5.92 Å². The molecule has 0 heterocycles. The van der Waals surface area contributed by atoms with Gasteiger partial charge in [0.1, 0.15) is 5.82 Å². The lowest BCUT2D eigenvalue weighted by molar-refractivity contribution is -0.121. The summed E-state index contributed by atoms with van der Waals surface area (Å²) in [6.07, 6.45) is 2.08. The van der Waals surface area contributed by atoms with Gasteiger partial charge in [-0.1, -0.05) is 24.3 Å². The normalized spacial score (nSPS) is 14.6. The molecule has 25 heavy (non-hydrogen) atoms. The summed E-state index contributed by atoms with van der Waals surface area (Å²) >= 11 is 0. The van der Waals surface area contributed by atoms with Crippen molar-refractivity contribution in [1.82, 2.24) is 5.32 Å². The molecule has 5 heteroatoms. The molecule has 1 aliphatic rings. The summed E-state index contributed by atoms with van der Waals surface area (Å²) in [5.74, 6) is -0.267. The van der Waals surface area contributed by atoms with Gasteiger partial charge in [-0.15, -0.1) is 0 Å². The van der Waals surface area contributed by atoms with E-state index in [4.69, 9.17) is 0 Å². The summed E-state index contributed by atoms with van der Waals surface area (Å²) in [6, 6.07) is 13.3. The summed E-state index contributed by atoms with van der Waals surface area (Å²) in [6.45, 7) is 1.89. The zero-order valence-electron chi connectivity index (χ0n) is 14.1. The largest absolute Gasteiger partial charge is 0.349 e. The highest BCUT2D eigenvalue weighted by molar-refractivity contribution is 5.94. The first kappa shape index (κ1) is 17.1. The fourth-order valence-corrected chi connectivity index (χ4v) is 2.65. The summed E-state index contributed by atoms with van der Waals surface area (Å²) in [5.41, 5.74) is 2.35. The number of carbonyl (C=O) groups excluding carboxylic acids is 2. The van der Waals surface area contributed by atoms with Crippen LogP contribution in [0.3, 0.4) is 0 Å². The molecule has 2 N–H and O–H groups in total. The standard InChI is InChI=1S/C20H21FN2O2/c1-13(22-19(24)12-14-3-2-4-17(21)11-14)15-7-9-18(10-8-15)23-20(25)16-5-6-16/h2-4,7-11,13,16H,5-6,12H2,1H3,(H,22,24)(H,23,25). The van der Waals surface area contributed by atoms with Crippen molar-refractivity contribution in [3.8, 4) is 0 Å². The molecule has 1 fully saturated rings. The maximum Gasteiger partial charge on any atom is 0.227 e. The Labute approximate surface area is 146 Å². The van der Waals surface area contributed by atoms with Crippen molar-refractivity contribution >= 4 is 17.5 Å². The lowest BCUT2D eigenvalue weighted by atomic mass is 10.1. The van der Waals surface area contributed by atoms with Crippen molar-refractivity contribution in [3.63, 3.8) is 0 Å². The average Bonchev–Trinajstić information content (AvgIpc) is 3.40. The van der Waals surface area contributed by atoms with Crippen LogP contribution in [0.1, 0.15) is 36.9 Å². The van der Waals surface area contributed by atoms with E-state index in [2.05, 4.69) is 10.6 Å². The van der Waals surface area contributed by atoms with Crippen molar-refractivity contribution < 1.29 is 14.0 Å². The van der Waals surface area contributed by atoms with Crippen molar-refractivity contribution in [2.45, 2.75) is 32.2 Å². The van der Waals surface area contributed by atoms with Gasteiger partial charge in [-0.2, -0.15) is 0 Å². The first-order chi connectivity index (χ1) is 12.0. The molecule has 3 rings (SSSR count). The third-order valence-corrected chi connectivity index (χ3v) is 4.26. The molecule has 2 aromatic rings. The van der Waals surface area contributed by atoms with E-state index in [0.717, 1.165) is 24.1 Å². The highest BCUT2D eigenvalue weighted by atomic mass is 19.1. The minimum absolute atomic E-state index is 0.0733. The van der Waals surface area contributed by atoms with Crippen molar-refractivity contribution in [3.05, 3.63) is 65.5 Å². The van der Waals surface area contributed by atoms with E-state index in [1.165, 1.54) is 12.1 Å². The molecule has 2 aromatic carbocycles. The second-order valence-corrected chi connectivity index (χ2v) is 6.48.